The molecule has 3 aromatic rings. The Morgan fingerprint density at radius 2 is 1.67 bits per heavy atom. The number of ether oxygens (including phenoxy) is 2. The van der Waals surface area contributed by atoms with E-state index in [1.807, 2.05) is 42.5 Å². The predicted molar refractivity (Wildman–Crippen MR) is 122 cm³/mol. The fourth-order valence-electron chi connectivity index (χ4n) is 3.06. The van der Waals surface area contributed by atoms with E-state index in [-0.39, 0.29) is 18.9 Å². The first-order chi connectivity index (χ1) is 15.6. The van der Waals surface area contributed by atoms with Gasteiger partial charge in [-0.2, -0.15) is 21.6 Å². The molecule has 0 heterocycles. The van der Waals surface area contributed by atoms with Crippen molar-refractivity contribution < 1.29 is 31.1 Å². The molecule has 3 aromatic carbocycles. The van der Waals surface area contributed by atoms with Gasteiger partial charge in [-0.1, -0.05) is 48.0 Å². The number of hydrogen-bond acceptors (Lipinski definition) is 4. The largest absolute Gasteiger partial charge is 0.516 e. The number of alkyl halides is 3. The summed E-state index contributed by atoms with van der Waals surface area (Å²) >= 11 is 5.94. The first kappa shape index (κ1) is 24.9. The van der Waals surface area contributed by atoms with E-state index in [2.05, 4.69) is 0 Å². The van der Waals surface area contributed by atoms with E-state index in [9.17, 15) is 21.6 Å². The van der Waals surface area contributed by atoms with Crippen molar-refractivity contribution in [3.05, 3.63) is 82.9 Å². The van der Waals surface area contributed by atoms with Crippen molar-refractivity contribution in [3.63, 3.8) is 0 Å². The Labute approximate surface area is 195 Å². The average molecular weight is 500 g/mol. The summed E-state index contributed by atoms with van der Waals surface area (Å²) in [6, 6.07) is 18.9. The van der Waals surface area contributed by atoms with Crippen molar-refractivity contribution in [1.82, 2.24) is 0 Å². The molecule has 0 bridgehead atoms. The summed E-state index contributed by atoms with van der Waals surface area (Å²) in [6.07, 6.45) is 0.382. The Hall–Kier alpha value is -2.75. The summed E-state index contributed by atoms with van der Waals surface area (Å²) < 4.78 is 72.9. The minimum absolute atomic E-state index is 0.163. The van der Waals surface area contributed by atoms with Crippen LogP contribution in [0.2, 0.25) is 5.02 Å². The SMILES string of the molecule is COc1cc(-c2ccc(Cl)cc2)ccc1COCCc1cccc(NS(=O)(=O)C(F)(F)F)c1. The van der Waals surface area contributed by atoms with Crippen molar-refractivity contribution in [2.45, 2.75) is 18.5 Å². The Morgan fingerprint density at radius 1 is 0.970 bits per heavy atom. The molecule has 0 amide bonds. The van der Waals surface area contributed by atoms with Gasteiger partial charge < -0.3 is 9.47 Å². The molecular formula is C23H21ClF3NO4S. The standard InChI is InChI=1S/C23H21ClF3NO4S/c1-31-22-14-18(17-7-9-20(24)10-8-17)5-6-19(22)15-32-12-11-16-3-2-4-21(13-16)28-33(29,30)23(25,26)27/h2-10,13-14,28H,11-12,15H2,1H3. The van der Waals surface area contributed by atoms with Crippen molar-refractivity contribution in [2.75, 3.05) is 18.4 Å². The number of methoxy groups -OCH3 is 1. The first-order valence-electron chi connectivity index (χ1n) is 9.78. The lowest BCUT2D eigenvalue weighted by Crippen LogP contribution is -2.29. The van der Waals surface area contributed by atoms with Crippen LogP contribution < -0.4 is 9.46 Å². The summed E-state index contributed by atoms with van der Waals surface area (Å²) in [5, 5.41) is 0.652. The molecule has 0 aliphatic carbocycles. The van der Waals surface area contributed by atoms with E-state index in [1.54, 1.807) is 13.2 Å². The summed E-state index contributed by atoms with van der Waals surface area (Å²) in [7, 11) is -3.90. The monoisotopic (exact) mass is 499 g/mol. The van der Waals surface area contributed by atoms with Gasteiger partial charge in [0.05, 0.1) is 20.3 Å². The summed E-state index contributed by atoms with van der Waals surface area (Å²) in [4.78, 5) is 0. The average Bonchev–Trinajstić information content (AvgIpc) is 2.76. The number of rotatable bonds is 9. The molecule has 3 rings (SSSR count). The Morgan fingerprint density at radius 3 is 2.33 bits per heavy atom. The number of anilines is 1. The number of hydrogen-bond donors (Lipinski definition) is 1. The molecule has 176 valence electrons. The highest BCUT2D eigenvalue weighted by molar-refractivity contribution is 7.93. The summed E-state index contributed by atoms with van der Waals surface area (Å²) in [6.45, 7) is 0.544. The highest BCUT2D eigenvalue weighted by Gasteiger charge is 2.46. The van der Waals surface area contributed by atoms with Gasteiger partial charge in [0.2, 0.25) is 0 Å². The number of halogens is 4. The molecule has 0 atom stereocenters. The van der Waals surface area contributed by atoms with Gasteiger partial charge in [-0.05, 0) is 53.4 Å². The third-order valence-electron chi connectivity index (χ3n) is 4.74. The smallest absolute Gasteiger partial charge is 0.496 e. The molecule has 0 fully saturated rings. The molecule has 0 aliphatic heterocycles. The second-order valence-corrected chi connectivity index (χ2v) is 9.20. The lowest BCUT2D eigenvalue weighted by Gasteiger charge is -2.13. The van der Waals surface area contributed by atoms with E-state index >= 15 is 0 Å². The van der Waals surface area contributed by atoms with Crippen LogP contribution in [0.3, 0.4) is 0 Å². The van der Waals surface area contributed by atoms with Crippen LogP contribution in [0.25, 0.3) is 11.1 Å². The van der Waals surface area contributed by atoms with Crippen LogP contribution in [-0.2, 0) is 27.8 Å². The topological polar surface area (TPSA) is 64.6 Å². The van der Waals surface area contributed by atoms with Crippen molar-refractivity contribution in [1.29, 1.82) is 0 Å². The van der Waals surface area contributed by atoms with Crippen LogP contribution in [0.1, 0.15) is 11.1 Å². The lowest BCUT2D eigenvalue weighted by atomic mass is 10.0. The third kappa shape index (κ3) is 6.63. The highest BCUT2D eigenvalue weighted by atomic mass is 35.5. The van der Waals surface area contributed by atoms with Gasteiger partial charge in [-0.15, -0.1) is 0 Å². The molecule has 1 N–H and O–H groups in total. The second kappa shape index (κ2) is 10.5. The van der Waals surface area contributed by atoms with E-state index in [4.69, 9.17) is 21.1 Å². The third-order valence-corrected chi connectivity index (χ3v) is 6.11. The maximum atomic E-state index is 12.5. The summed E-state index contributed by atoms with van der Waals surface area (Å²) in [5.41, 5.74) is -2.13. The quantitative estimate of drug-likeness (QED) is 0.365. The molecule has 0 spiro atoms. The van der Waals surface area contributed by atoms with E-state index in [0.717, 1.165) is 16.7 Å². The molecule has 0 unspecified atom stereocenters. The van der Waals surface area contributed by atoms with Gasteiger partial charge in [-0.3, -0.25) is 4.72 Å². The fraction of sp³-hybridized carbons (Fsp3) is 0.217. The molecule has 33 heavy (non-hydrogen) atoms. The lowest BCUT2D eigenvalue weighted by molar-refractivity contribution is -0.0429. The Kier molecular flexibility index (Phi) is 7.88. The highest BCUT2D eigenvalue weighted by Crippen LogP contribution is 2.29. The van der Waals surface area contributed by atoms with Gasteiger partial charge in [-0.25, -0.2) is 0 Å². The minimum atomic E-state index is -5.46. The zero-order valence-electron chi connectivity index (χ0n) is 17.5. The fourth-order valence-corrected chi connectivity index (χ4v) is 3.74. The number of sulfonamides is 1. The van der Waals surface area contributed by atoms with Crippen molar-refractivity contribution in [2.24, 2.45) is 0 Å². The molecular weight excluding hydrogens is 479 g/mol. The zero-order valence-corrected chi connectivity index (χ0v) is 19.1. The van der Waals surface area contributed by atoms with Gasteiger partial charge in [0.15, 0.2) is 0 Å². The maximum absolute atomic E-state index is 12.5. The summed E-state index contributed by atoms with van der Waals surface area (Å²) in [5.74, 6) is 0.658. The number of benzene rings is 3. The van der Waals surface area contributed by atoms with Crippen LogP contribution >= 0.6 is 11.6 Å². The zero-order chi connectivity index (χ0) is 24.1. The van der Waals surface area contributed by atoms with E-state index < -0.39 is 15.5 Å². The van der Waals surface area contributed by atoms with Crippen molar-refractivity contribution in [3.8, 4) is 16.9 Å². The van der Waals surface area contributed by atoms with E-state index in [1.165, 1.54) is 22.9 Å². The van der Waals surface area contributed by atoms with Crippen LogP contribution in [0.15, 0.2) is 66.7 Å². The van der Waals surface area contributed by atoms with Gasteiger partial charge >= 0.3 is 15.5 Å². The molecule has 0 saturated heterocycles. The number of nitrogens with one attached hydrogen (secondary N) is 1. The Bertz CT molecular complexity index is 1200. The maximum Gasteiger partial charge on any atom is 0.516 e. The second-order valence-electron chi connectivity index (χ2n) is 7.09. The van der Waals surface area contributed by atoms with Crippen LogP contribution in [0.5, 0.6) is 5.75 Å². The molecule has 0 saturated carbocycles. The van der Waals surface area contributed by atoms with Crippen LogP contribution in [0.4, 0.5) is 18.9 Å². The molecule has 10 heteroatoms. The van der Waals surface area contributed by atoms with Crippen molar-refractivity contribution >= 4 is 27.3 Å². The first-order valence-corrected chi connectivity index (χ1v) is 11.6. The molecule has 0 radical (unpaired) electrons. The van der Waals surface area contributed by atoms with Gasteiger partial charge in [0.25, 0.3) is 0 Å². The predicted octanol–water partition coefficient (Wildman–Crippen LogP) is 6.04. The normalized spacial score (nSPS) is 11.9. The van der Waals surface area contributed by atoms with Gasteiger partial charge in [0.1, 0.15) is 5.75 Å². The van der Waals surface area contributed by atoms with E-state index in [0.29, 0.717) is 22.8 Å². The van der Waals surface area contributed by atoms with Crippen LogP contribution in [-0.4, -0.2) is 27.6 Å². The molecule has 0 aromatic heterocycles. The van der Waals surface area contributed by atoms with Gasteiger partial charge in [0, 0.05) is 16.3 Å². The van der Waals surface area contributed by atoms with Crippen LogP contribution in [0, 0.1) is 0 Å². The molecule has 0 aliphatic rings. The molecule has 5 nitrogen and oxygen atoms in total. The Balaban J connectivity index is 1.58. The minimum Gasteiger partial charge on any atom is -0.496 e.